The van der Waals surface area contributed by atoms with Crippen LogP contribution in [0, 0.1) is 0 Å². The topological polar surface area (TPSA) is 55.8 Å². The quantitative estimate of drug-likeness (QED) is 0.918. The molecule has 1 heterocycles. The first kappa shape index (κ1) is 13.9. The molecule has 3 rings (SSSR count). The summed E-state index contributed by atoms with van der Waals surface area (Å²) in [7, 11) is 0. The number of rotatable bonds is 4. The van der Waals surface area contributed by atoms with E-state index < -0.39 is 5.97 Å². The molecule has 0 saturated carbocycles. The summed E-state index contributed by atoms with van der Waals surface area (Å²) in [5.41, 5.74) is 1.37. The van der Waals surface area contributed by atoms with Crippen LogP contribution >= 0.6 is 15.9 Å². The Hall–Kier alpha value is -2.01. The van der Waals surface area contributed by atoms with Gasteiger partial charge in [0.15, 0.2) is 0 Å². The molecular weight excluding hydrogens is 336 g/mol. The summed E-state index contributed by atoms with van der Waals surface area (Å²) in [4.78, 5) is 10.9. The summed E-state index contributed by atoms with van der Waals surface area (Å²) < 4.78 is 12.5. The molecule has 1 unspecified atom stereocenters. The van der Waals surface area contributed by atoms with E-state index in [1.165, 1.54) is 12.1 Å². The molecule has 4 nitrogen and oxygen atoms in total. The molecule has 1 N–H and O–H groups in total. The summed E-state index contributed by atoms with van der Waals surface area (Å²) in [6, 6.07) is 12.4. The van der Waals surface area contributed by atoms with E-state index >= 15 is 0 Å². The van der Waals surface area contributed by atoms with Gasteiger partial charge in [-0.15, -0.1) is 0 Å². The SMILES string of the molecule is O=C(O)c1cccc(OCC2Cc3cc(Br)ccc3O2)c1. The largest absolute Gasteiger partial charge is 0.490 e. The molecule has 21 heavy (non-hydrogen) atoms. The van der Waals surface area contributed by atoms with Crippen LogP contribution in [0.3, 0.4) is 0 Å². The fraction of sp³-hybridized carbons (Fsp3) is 0.188. The van der Waals surface area contributed by atoms with E-state index in [2.05, 4.69) is 15.9 Å². The van der Waals surface area contributed by atoms with E-state index in [0.29, 0.717) is 12.4 Å². The first-order chi connectivity index (χ1) is 10.1. The van der Waals surface area contributed by atoms with Crippen LogP contribution in [-0.4, -0.2) is 23.8 Å². The van der Waals surface area contributed by atoms with Crippen molar-refractivity contribution >= 4 is 21.9 Å². The first-order valence-corrected chi connectivity index (χ1v) is 7.32. The summed E-state index contributed by atoms with van der Waals surface area (Å²) >= 11 is 3.44. The zero-order valence-electron chi connectivity index (χ0n) is 11.1. The maximum Gasteiger partial charge on any atom is 0.335 e. The highest BCUT2D eigenvalue weighted by Gasteiger charge is 2.23. The molecule has 2 aromatic rings. The molecule has 0 aliphatic carbocycles. The van der Waals surface area contributed by atoms with Crippen molar-refractivity contribution in [1.29, 1.82) is 0 Å². The van der Waals surface area contributed by atoms with Gasteiger partial charge in [0.2, 0.25) is 0 Å². The number of ether oxygens (including phenoxy) is 2. The molecule has 0 fully saturated rings. The minimum absolute atomic E-state index is 0.0530. The van der Waals surface area contributed by atoms with Crippen molar-refractivity contribution in [1.82, 2.24) is 0 Å². The van der Waals surface area contributed by atoms with Gasteiger partial charge in [-0.2, -0.15) is 0 Å². The minimum atomic E-state index is -0.963. The highest BCUT2D eigenvalue weighted by atomic mass is 79.9. The smallest absolute Gasteiger partial charge is 0.335 e. The van der Waals surface area contributed by atoms with Crippen LogP contribution in [0.1, 0.15) is 15.9 Å². The fourth-order valence-corrected chi connectivity index (χ4v) is 2.70. The van der Waals surface area contributed by atoms with Crippen molar-refractivity contribution in [2.75, 3.05) is 6.61 Å². The van der Waals surface area contributed by atoms with Crippen molar-refractivity contribution in [2.45, 2.75) is 12.5 Å². The van der Waals surface area contributed by atoms with Crippen molar-refractivity contribution in [2.24, 2.45) is 0 Å². The molecule has 0 spiro atoms. The highest BCUT2D eigenvalue weighted by Crippen LogP contribution is 2.31. The van der Waals surface area contributed by atoms with Crippen LogP contribution < -0.4 is 9.47 Å². The lowest BCUT2D eigenvalue weighted by molar-refractivity contribution is 0.0696. The van der Waals surface area contributed by atoms with Crippen LogP contribution in [-0.2, 0) is 6.42 Å². The summed E-state index contributed by atoms with van der Waals surface area (Å²) in [6.07, 6.45) is 0.732. The van der Waals surface area contributed by atoms with Crippen molar-refractivity contribution in [3.8, 4) is 11.5 Å². The Kier molecular flexibility index (Phi) is 3.84. The lowest BCUT2D eigenvalue weighted by Gasteiger charge is -2.12. The average Bonchev–Trinajstić information content (AvgIpc) is 2.87. The molecule has 0 amide bonds. The molecular formula is C16H13BrO4. The number of aromatic carboxylic acids is 1. The number of hydrogen-bond acceptors (Lipinski definition) is 3. The van der Waals surface area contributed by atoms with Crippen molar-refractivity contribution in [3.63, 3.8) is 0 Å². The first-order valence-electron chi connectivity index (χ1n) is 6.53. The Labute approximate surface area is 130 Å². The number of carbonyl (C=O) groups is 1. The van der Waals surface area contributed by atoms with E-state index in [4.69, 9.17) is 14.6 Å². The van der Waals surface area contributed by atoms with Gasteiger partial charge >= 0.3 is 5.97 Å². The zero-order chi connectivity index (χ0) is 14.8. The number of benzene rings is 2. The Morgan fingerprint density at radius 3 is 3.00 bits per heavy atom. The Morgan fingerprint density at radius 2 is 2.19 bits per heavy atom. The predicted octanol–water partition coefficient (Wildman–Crippen LogP) is 3.53. The van der Waals surface area contributed by atoms with E-state index in [9.17, 15) is 4.79 Å². The standard InChI is InChI=1S/C16H13BrO4/c17-12-4-5-15-11(6-12)8-14(21-15)9-20-13-3-1-2-10(7-13)16(18)19/h1-7,14H,8-9H2,(H,18,19). The van der Waals surface area contributed by atoms with Gasteiger partial charge in [0.1, 0.15) is 24.2 Å². The molecule has 108 valence electrons. The number of halogens is 1. The number of carboxylic acid groups (broad SMARTS) is 1. The maximum absolute atomic E-state index is 10.9. The summed E-state index contributed by atoms with van der Waals surface area (Å²) in [5.74, 6) is 0.455. The number of hydrogen-bond donors (Lipinski definition) is 1. The number of fused-ring (bicyclic) bond motifs is 1. The Morgan fingerprint density at radius 1 is 1.33 bits per heavy atom. The van der Waals surface area contributed by atoms with Gasteiger partial charge in [0, 0.05) is 10.9 Å². The summed E-state index contributed by atoms with van der Waals surface area (Å²) in [6.45, 7) is 0.384. The van der Waals surface area contributed by atoms with Gasteiger partial charge in [-0.3, -0.25) is 0 Å². The second kappa shape index (κ2) is 5.77. The van der Waals surface area contributed by atoms with Crippen LogP contribution in [0.2, 0.25) is 0 Å². The van der Waals surface area contributed by atoms with Gasteiger partial charge in [-0.1, -0.05) is 22.0 Å². The minimum Gasteiger partial charge on any atom is -0.490 e. The third kappa shape index (κ3) is 3.19. The van der Waals surface area contributed by atoms with Crippen LogP contribution in [0.4, 0.5) is 0 Å². The van der Waals surface area contributed by atoms with Gasteiger partial charge in [0.25, 0.3) is 0 Å². The highest BCUT2D eigenvalue weighted by molar-refractivity contribution is 9.10. The monoisotopic (exact) mass is 348 g/mol. The fourth-order valence-electron chi connectivity index (χ4n) is 2.29. The molecule has 0 saturated heterocycles. The maximum atomic E-state index is 10.9. The average molecular weight is 349 g/mol. The van der Waals surface area contributed by atoms with Crippen LogP contribution in [0.5, 0.6) is 11.5 Å². The van der Waals surface area contributed by atoms with E-state index in [-0.39, 0.29) is 11.7 Å². The lowest BCUT2D eigenvalue weighted by Crippen LogP contribution is -2.22. The van der Waals surface area contributed by atoms with E-state index in [1.54, 1.807) is 12.1 Å². The van der Waals surface area contributed by atoms with E-state index in [1.807, 2.05) is 18.2 Å². The molecule has 1 aliphatic rings. The van der Waals surface area contributed by atoms with Crippen LogP contribution in [0.15, 0.2) is 46.9 Å². The van der Waals surface area contributed by atoms with Gasteiger partial charge in [0.05, 0.1) is 5.56 Å². The third-order valence-corrected chi connectivity index (χ3v) is 3.77. The second-order valence-corrected chi connectivity index (χ2v) is 5.76. The molecule has 0 aromatic heterocycles. The second-order valence-electron chi connectivity index (χ2n) is 4.84. The van der Waals surface area contributed by atoms with Gasteiger partial charge in [-0.25, -0.2) is 4.79 Å². The zero-order valence-corrected chi connectivity index (χ0v) is 12.7. The molecule has 5 heteroatoms. The van der Waals surface area contributed by atoms with Gasteiger partial charge in [-0.05, 0) is 42.0 Å². The van der Waals surface area contributed by atoms with E-state index in [0.717, 1.165) is 22.2 Å². The Balaban J connectivity index is 1.62. The third-order valence-electron chi connectivity index (χ3n) is 3.28. The number of carboxylic acids is 1. The van der Waals surface area contributed by atoms with Crippen LogP contribution in [0.25, 0.3) is 0 Å². The van der Waals surface area contributed by atoms with Gasteiger partial charge < -0.3 is 14.6 Å². The normalized spacial score (nSPS) is 16.1. The van der Waals surface area contributed by atoms with Crippen molar-refractivity contribution in [3.05, 3.63) is 58.1 Å². The van der Waals surface area contributed by atoms with Crippen molar-refractivity contribution < 1.29 is 19.4 Å². The molecule has 2 aromatic carbocycles. The molecule has 0 radical (unpaired) electrons. The molecule has 1 atom stereocenters. The molecule has 1 aliphatic heterocycles. The lowest BCUT2D eigenvalue weighted by atomic mass is 10.1. The Bertz CT molecular complexity index is 684. The summed E-state index contributed by atoms with van der Waals surface area (Å²) in [5, 5.41) is 8.95. The predicted molar refractivity (Wildman–Crippen MR) is 81.2 cm³/mol. The molecule has 0 bridgehead atoms.